The highest BCUT2D eigenvalue weighted by Crippen LogP contribution is 2.29. The van der Waals surface area contributed by atoms with Crippen LogP contribution in [-0.2, 0) is 6.61 Å². The van der Waals surface area contributed by atoms with E-state index in [9.17, 15) is 4.79 Å². The molecule has 0 bridgehead atoms. The minimum Gasteiger partial charge on any atom is -0.497 e. The Bertz CT molecular complexity index is 1090. The first-order chi connectivity index (χ1) is 15.4. The van der Waals surface area contributed by atoms with E-state index in [1.165, 1.54) is 14.2 Å². The lowest BCUT2D eigenvalue weighted by atomic mass is 10.2. The molecule has 0 saturated heterocycles. The van der Waals surface area contributed by atoms with Gasteiger partial charge in [0.2, 0.25) is 0 Å². The molecule has 0 radical (unpaired) electrons. The van der Waals surface area contributed by atoms with Crippen LogP contribution in [0.2, 0.25) is 5.02 Å². The molecule has 0 saturated carbocycles. The largest absolute Gasteiger partial charge is 0.497 e. The maximum Gasteiger partial charge on any atom is 0.271 e. The molecule has 0 aromatic heterocycles. The maximum atomic E-state index is 12.4. The van der Waals surface area contributed by atoms with Gasteiger partial charge in [0.15, 0.2) is 0 Å². The number of hydrogen-bond acceptors (Lipinski definition) is 5. The number of benzene rings is 3. The Balaban J connectivity index is 1.66. The molecule has 0 aliphatic heterocycles. The summed E-state index contributed by atoms with van der Waals surface area (Å²) in [5.41, 5.74) is 4.78. The lowest BCUT2D eigenvalue weighted by Gasteiger charge is -2.11. The Labute approximate surface area is 218 Å². The molecule has 0 aliphatic rings. The highest BCUT2D eigenvalue weighted by molar-refractivity contribution is 14.1. The van der Waals surface area contributed by atoms with Crippen LogP contribution in [0.15, 0.2) is 59.7 Å². The first-order valence-electron chi connectivity index (χ1n) is 9.32. The number of halogens is 3. The second-order valence-corrected chi connectivity index (χ2v) is 9.29. The third kappa shape index (κ3) is 6.72. The third-order valence-electron chi connectivity index (χ3n) is 4.31. The van der Waals surface area contributed by atoms with E-state index < -0.39 is 0 Å². The summed E-state index contributed by atoms with van der Waals surface area (Å²) < 4.78 is 18.3. The molecule has 3 aromatic rings. The number of rotatable bonds is 8. The van der Waals surface area contributed by atoms with E-state index in [-0.39, 0.29) is 5.91 Å². The Hall–Kier alpha value is -2.05. The van der Waals surface area contributed by atoms with Crippen LogP contribution >= 0.6 is 56.8 Å². The predicted octanol–water partition coefficient (Wildman–Crippen LogP) is 5.91. The van der Waals surface area contributed by atoms with Gasteiger partial charge in [-0.25, -0.2) is 5.43 Å². The number of methoxy groups -OCH3 is 2. The number of hydrazone groups is 1. The molecule has 3 rings (SSSR count). The molecular formula is C23H19ClI2N2O4. The van der Waals surface area contributed by atoms with Gasteiger partial charge in [0.1, 0.15) is 23.9 Å². The van der Waals surface area contributed by atoms with Crippen molar-refractivity contribution in [2.24, 2.45) is 5.10 Å². The summed E-state index contributed by atoms with van der Waals surface area (Å²) in [6.45, 7) is 0.441. The predicted molar refractivity (Wildman–Crippen MR) is 142 cm³/mol. The quantitative estimate of drug-likeness (QED) is 0.183. The molecule has 166 valence electrons. The fourth-order valence-electron chi connectivity index (χ4n) is 2.70. The zero-order valence-corrected chi connectivity index (χ0v) is 22.3. The maximum absolute atomic E-state index is 12.4. The normalized spacial score (nSPS) is 10.8. The van der Waals surface area contributed by atoms with Crippen molar-refractivity contribution in [1.29, 1.82) is 0 Å². The van der Waals surface area contributed by atoms with E-state index in [4.69, 9.17) is 25.8 Å². The van der Waals surface area contributed by atoms with Crippen LogP contribution in [0.4, 0.5) is 0 Å². The molecule has 9 heteroatoms. The Morgan fingerprint density at radius 3 is 2.16 bits per heavy atom. The number of carbonyl (C=O) groups excluding carboxylic acids is 1. The minimum absolute atomic E-state index is 0.370. The van der Waals surface area contributed by atoms with Crippen LogP contribution < -0.4 is 19.6 Å². The number of hydrogen-bond donors (Lipinski definition) is 1. The molecule has 0 atom stereocenters. The van der Waals surface area contributed by atoms with E-state index in [2.05, 4.69) is 55.7 Å². The van der Waals surface area contributed by atoms with Crippen molar-refractivity contribution in [2.75, 3.05) is 14.2 Å². The first kappa shape index (κ1) is 24.6. The first-order valence-corrected chi connectivity index (χ1v) is 11.9. The molecule has 0 unspecified atom stereocenters. The summed E-state index contributed by atoms with van der Waals surface area (Å²) >= 11 is 10.4. The van der Waals surface area contributed by atoms with Crippen molar-refractivity contribution >= 4 is 68.9 Å². The third-order valence-corrected chi connectivity index (χ3v) is 6.16. The van der Waals surface area contributed by atoms with Gasteiger partial charge in [-0.1, -0.05) is 23.7 Å². The van der Waals surface area contributed by atoms with Crippen LogP contribution in [-0.4, -0.2) is 26.3 Å². The monoisotopic (exact) mass is 676 g/mol. The number of ether oxygens (including phenoxy) is 3. The summed E-state index contributed by atoms with van der Waals surface area (Å²) in [7, 11) is 3.06. The van der Waals surface area contributed by atoms with Crippen LogP contribution in [0.5, 0.6) is 17.2 Å². The van der Waals surface area contributed by atoms with E-state index in [1.807, 2.05) is 36.4 Å². The number of carbonyl (C=O) groups is 1. The van der Waals surface area contributed by atoms with Crippen LogP contribution in [0.25, 0.3) is 0 Å². The molecule has 1 N–H and O–H groups in total. The number of nitrogens with one attached hydrogen (secondary N) is 1. The summed E-state index contributed by atoms with van der Waals surface area (Å²) in [5, 5.41) is 4.77. The van der Waals surface area contributed by atoms with Gasteiger partial charge < -0.3 is 14.2 Å². The molecule has 0 fully saturated rings. The van der Waals surface area contributed by atoms with Gasteiger partial charge in [0.25, 0.3) is 5.91 Å². The van der Waals surface area contributed by atoms with Crippen LogP contribution in [0.3, 0.4) is 0 Å². The molecular weight excluding hydrogens is 658 g/mol. The van der Waals surface area contributed by atoms with Crippen molar-refractivity contribution in [2.45, 2.75) is 6.61 Å². The molecule has 0 aliphatic carbocycles. The summed E-state index contributed by atoms with van der Waals surface area (Å²) in [6.07, 6.45) is 1.59. The van der Waals surface area contributed by atoms with Gasteiger partial charge in [-0.15, -0.1) is 0 Å². The van der Waals surface area contributed by atoms with E-state index in [1.54, 1.807) is 24.4 Å². The fourth-order valence-corrected chi connectivity index (χ4v) is 4.95. The molecule has 0 heterocycles. The van der Waals surface area contributed by atoms with Gasteiger partial charge in [-0.05, 0) is 92.7 Å². The van der Waals surface area contributed by atoms with E-state index in [0.29, 0.717) is 28.7 Å². The van der Waals surface area contributed by atoms with Gasteiger partial charge in [-0.3, -0.25) is 4.79 Å². The minimum atomic E-state index is -0.370. The summed E-state index contributed by atoms with van der Waals surface area (Å²) in [6, 6.07) is 16.3. The zero-order chi connectivity index (χ0) is 23.1. The average molecular weight is 677 g/mol. The summed E-state index contributed by atoms with van der Waals surface area (Å²) in [5.74, 6) is 1.48. The van der Waals surface area contributed by atoms with Gasteiger partial charge in [0, 0.05) is 16.7 Å². The second-order valence-electron chi connectivity index (χ2n) is 6.53. The van der Waals surface area contributed by atoms with Crippen molar-refractivity contribution < 1.29 is 19.0 Å². The number of nitrogens with zero attached hydrogens (tertiary/aromatic N) is 1. The van der Waals surface area contributed by atoms with Gasteiger partial charge >= 0.3 is 0 Å². The highest BCUT2D eigenvalue weighted by Gasteiger charge is 2.11. The van der Waals surface area contributed by atoms with Crippen molar-refractivity contribution in [3.05, 3.63) is 83.5 Å². The molecule has 1 amide bonds. The lowest BCUT2D eigenvalue weighted by molar-refractivity contribution is 0.0954. The van der Waals surface area contributed by atoms with Crippen molar-refractivity contribution in [3.63, 3.8) is 0 Å². The summed E-state index contributed by atoms with van der Waals surface area (Å²) in [4.78, 5) is 12.4. The van der Waals surface area contributed by atoms with Gasteiger partial charge in [-0.2, -0.15) is 5.10 Å². The molecule has 0 spiro atoms. The zero-order valence-electron chi connectivity index (χ0n) is 17.2. The highest BCUT2D eigenvalue weighted by atomic mass is 127. The van der Waals surface area contributed by atoms with Crippen molar-refractivity contribution in [3.8, 4) is 17.2 Å². The molecule has 3 aromatic carbocycles. The standard InChI is InChI=1S/C23H19ClI2N2O4/c1-30-18-9-16(10-19(11-18)31-2)23(29)28-27-12-15-7-20(25)22(21(26)8-15)32-13-14-3-5-17(24)6-4-14/h3-12H,13H2,1-2H3,(H,28,29)/b27-12-. The van der Waals surface area contributed by atoms with E-state index in [0.717, 1.165) is 24.0 Å². The molecule has 6 nitrogen and oxygen atoms in total. The molecule has 32 heavy (non-hydrogen) atoms. The topological polar surface area (TPSA) is 69.2 Å². The SMILES string of the molecule is COc1cc(OC)cc(C(=O)N/N=C\c2cc(I)c(OCc3ccc(Cl)cc3)c(I)c2)c1. The Morgan fingerprint density at radius 2 is 1.59 bits per heavy atom. The second kappa shape index (κ2) is 11.7. The lowest BCUT2D eigenvalue weighted by Crippen LogP contribution is -2.17. The van der Waals surface area contributed by atoms with Crippen LogP contribution in [0, 0.1) is 7.14 Å². The Kier molecular flexibility index (Phi) is 9.00. The van der Waals surface area contributed by atoms with Crippen LogP contribution in [0.1, 0.15) is 21.5 Å². The van der Waals surface area contributed by atoms with Gasteiger partial charge in [0.05, 0.1) is 27.6 Å². The fraction of sp³-hybridized carbons (Fsp3) is 0.130. The number of amides is 1. The Morgan fingerprint density at radius 1 is 1.00 bits per heavy atom. The van der Waals surface area contributed by atoms with Crippen molar-refractivity contribution in [1.82, 2.24) is 5.43 Å². The smallest absolute Gasteiger partial charge is 0.271 e. The van der Waals surface area contributed by atoms with E-state index >= 15 is 0 Å². The average Bonchev–Trinajstić information content (AvgIpc) is 2.79.